The van der Waals surface area contributed by atoms with Crippen LogP contribution in [0.5, 0.6) is 0 Å². The molecule has 3 rings (SSSR count). The van der Waals surface area contributed by atoms with Crippen LogP contribution < -0.4 is 0 Å². The largest absolute Gasteiger partial charge is 0.207 e. The Morgan fingerprint density at radius 3 is 2.58 bits per heavy atom. The van der Waals surface area contributed by atoms with Gasteiger partial charge in [0, 0.05) is 16.3 Å². The minimum absolute atomic E-state index is 0.298. The Kier molecular flexibility index (Phi) is 3.25. The Balaban J connectivity index is 2.10. The molecule has 4 heteroatoms. The van der Waals surface area contributed by atoms with Crippen molar-refractivity contribution in [1.29, 1.82) is 0 Å². The molecule has 1 unspecified atom stereocenters. The summed E-state index contributed by atoms with van der Waals surface area (Å²) in [7, 11) is 0. The number of hydrogen-bond donors (Lipinski definition) is 0. The second-order valence-corrected chi connectivity index (χ2v) is 5.56. The SMILES string of the molecule is Fc1ccc(C(Cl)c2csc3ccccc23)c(F)c1. The van der Waals surface area contributed by atoms with Crippen LogP contribution in [0.4, 0.5) is 8.78 Å². The maximum absolute atomic E-state index is 13.8. The molecule has 0 saturated carbocycles. The highest BCUT2D eigenvalue weighted by molar-refractivity contribution is 7.17. The molecule has 0 aliphatic rings. The minimum Gasteiger partial charge on any atom is -0.207 e. The van der Waals surface area contributed by atoms with E-state index in [2.05, 4.69) is 0 Å². The third-order valence-corrected chi connectivity index (χ3v) is 4.47. The Hall–Kier alpha value is -1.45. The highest BCUT2D eigenvalue weighted by atomic mass is 35.5. The van der Waals surface area contributed by atoms with E-state index in [9.17, 15) is 8.78 Å². The van der Waals surface area contributed by atoms with E-state index in [-0.39, 0.29) is 0 Å². The van der Waals surface area contributed by atoms with Crippen LogP contribution in [0, 0.1) is 11.6 Å². The molecule has 19 heavy (non-hydrogen) atoms. The molecule has 0 saturated heterocycles. The van der Waals surface area contributed by atoms with Gasteiger partial charge in [0.15, 0.2) is 0 Å². The van der Waals surface area contributed by atoms with Gasteiger partial charge in [-0.25, -0.2) is 8.78 Å². The van der Waals surface area contributed by atoms with Gasteiger partial charge in [-0.3, -0.25) is 0 Å². The molecule has 0 aliphatic carbocycles. The van der Waals surface area contributed by atoms with Crippen molar-refractivity contribution in [3.63, 3.8) is 0 Å². The summed E-state index contributed by atoms with van der Waals surface area (Å²) >= 11 is 7.92. The van der Waals surface area contributed by atoms with Crippen molar-refractivity contribution in [2.24, 2.45) is 0 Å². The van der Waals surface area contributed by atoms with Gasteiger partial charge in [-0.05, 0) is 28.5 Å². The summed E-state index contributed by atoms with van der Waals surface area (Å²) in [5, 5.41) is 2.32. The molecular weight excluding hydrogens is 286 g/mol. The van der Waals surface area contributed by atoms with Crippen molar-refractivity contribution in [2.75, 3.05) is 0 Å². The summed E-state index contributed by atoms with van der Waals surface area (Å²) in [5.41, 5.74) is 1.15. The standard InChI is InChI=1S/C15H9ClF2S/c16-15(11-6-5-9(17)7-13(11)18)12-8-19-14-4-2-1-3-10(12)14/h1-8,15H. The second-order valence-electron chi connectivity index (χ2n) is 4.22. The van der Waals surface area contributed by atoms with Gasteiger partial charge < -0.3 is 0 Å². The average Bonchev–Trinajstić information content (AvgIpc) is 2.82. The molecule has 0 bridgehead atoms. The van der Waals surface area contributed by atoms with Crippen LogP contribution >= 0.6 is 22.9 Å². The van der Waals surface area contributed by atoms with Gasteiger partial charge in [0.1, 0.15) is 11.6 Å². The van der Waals surface area contributed by atoms with E-state index in [0.29, 0.717) is 5.56 Å². The lowest BCUT2D eigenvalue weighted by Gasteiger charge is -2.10. The molecule has 1 heterocycles. The Bertz CT molecular complexity index is 736. The van der Waals surface area contributed by atoms with Gasteiger partial charge in [-0.1, -0.05) is 24.3 Å². The van der Waals surface area contributed by atoms with Crippen molar-refractivity contribution in [2.45, 2.75) is 5.38 Å². The summed E-state index contributed by atoms with van der Waals surface area (Å²) in [4.78, 5) is 0. The molecule has 0 spiro atoms. The molecule has 0 aliphatic heterocycles. The molecule has 3 aromatic rings. The van der Waals surface area contributed by atoms with Crippen LogP contribution in [0.2, 0.25) is 0 Å². The molecule has 1 aromatic heterocycles. The molecular formula is C15H9ClF2S. The number of benzene rings is 2. The second kappa shape index (κ2) is 4.91. The lowest BCUT2D eigenvalue weighted by Crippen LogP contribution is -1.97. The fraction of sp³-hybridized carbons (Fsp3) is 0.0667. The van der Waals surface area contributed by atoms with Crippen LogP contribution in [0.1, 0.15) is 16.5 Å². The number of hydrogen-bond acceptors (Lipinski definition) is 1. The Morgan fingerprint density at radius 1 is 1.00 bits per heavy atom. The third-order valence-electron chi connectivity index (χ3n) is 3.02. The van der Waals surface area contributed by atoms with Gasteiger partial charge >= 0.3 is 0 Å². The molecule has 0 nitrogen and oxygen atoms in total. The van der Waals surface area contributed by atoms with Gasteiger partial charge in [0.25, 0.3) is 0 Å². The first kappa shape index (κ1) is 12.6. The lowest BCUT2D eigenvalue weighted by atomic mass is 10.0. The maximum Gasteiger partial charge on any atom is 0.131 e. The quantitative estimate of drug-likeness (QED) is 0.547. The summed E-state index contributed by atoms with van der Waals surface area (Å²) in [6.07, 6.45) is 0. The Labute approximate surface area is 118 Å². The Morgan fingerprint density at radius 2 is 1.79 bits per heavy atom. The van der Waals surface area contributed by atoms with Crippen molar-refractivity contribution < 1.29 is 8.78 Å². The molecule has 0 radical (unpaired) electrons. The first-order chi connectivity index (χ1) is 9.16. The summed E-state index contributed by atoms with van der Waals surface area (Å²) < 4.78 is 27.8. The predicted molar refractivity (Wildman–Crippen MR) is 75.9 cm³/mol. The van der Waals surface area contributed by atoms with Gasteiger partial charge in [0.05, 0.1) is 5.38 Å². The number of halogens is 3. The van der Waals surface area contributed by atoms with Crippen LogP contribution in [0.3, 0.4) is 0 Å². The van der Waals surface area contributed by atoms with Crippen LogP contribution in [0.25, 0.3) is 10.1 Å². The van der Waals surface area contributed by atoms with Crippen LogP contribution in [-0.4, -0.2) is 0 Å². The van der Waals surface area contributed by atoms with E-state index in [0.717, 1.165) is 21.7 Å². The van der Waals surface area contributed by atoms with E-state index in [1.54, 1.807) is 11.3 Å². The summed E-state index contributed by atoms with van der Waals surface area (Å²) in [6.45, 7) is 0. The van der Waals surface area contributed by atoms with Crippen LogP contribution in [0.15, 0.2) is 47.8 Å². The van der Waals surface area contributed by atoms with Crippen molar-refractivity contribution in [3.8, 4) is 0 Å². The number of rotatable bonds is 2. The van der Waals surface area contributed by atoms with Gasteiger partial charge in [-0.2, -0.15) is 0 Å². The monoisotopic (exact) mass is 294 g/mol. The van der Waals surface area contributed by atoms with E-state index in [1.807, 2.05) is 29.6 Å². The topological polar surface area (TPSA) is 0 Å². The normalized spacial score (nSPS) is 12.8. The molecule has 0 amide bonds. The van der Waals surface area contributed by atoms with E-state index < -0.39 is 17.0 Å². The van der Waals surface area contributed by atoms with Crippen molar-refractivity contribution in [1.82, 2.24) is 0 Å². The highest BCUT2D eigenvalue weighted by Gasteiger charge is 2.19. The lowest BCUT2D eigenvalue weighted by molar-refractivity contribution is 0.574. The smallest absolute Gasteiger partial charge is 0.131 e. The number of fused-ring (bicyclic) bond motifs is 1. The third kappa shape index (κ3) is 2.24. The van der Waals surface area contributed by atoms with Crippen molar-refractivity contribution >= 4 is 33.0 Å². The fourth-order valence-electron chi connectivity index (χ4n) is 2.07. The fourth-order valence-corrected chi connectivity index (χ4v) is 3.49. The molecule has 0 N–H and O–H groups in total. The zero-order valence-corrected chi connectivity index (χ0v) is 11.3. The predicted octanol–water partition coefficient (Wildman–Crippen LogP) is 5.51. The summed E-state index contributed by atoms with van der Waals surface area (Å²) in [6, 6.07) is 11.3. The van der Waals surface area contributed by atoms with Crippen LogP contribution in [-0.2, 0) is 0 Å². The zero-order valence-electron chi connectivity index (χ0n) is 9.74. The highest BCUT2D eigenvalue weighted by Crippen LogP contribution is 2.38. The van der Waals surface area contributed by atoms with Crippen molar-refractivity contribution in [3.05, 3.63) is 70.6 Å². The zero-order chi connectivity index (χ0) is 13.4. The van der Waals surface area contributed by atoms with Gasteiger partial charge in [0.2, 0.25) is 0 Å². The number of thiophene rings is 1. The first-order valence-electron chi connectivity index (χ1n) is 5.72. The molecule has 96 valence electrons. The first-order valence-corrected chi connectivity index (χ1v) is 7.03. The van der Waals surface area contributed by atoms with E-state index in [4.69, 9.17) is 11.6 Å². The van der Waals surface area contributed by atoms with E-state index in [1.165, 1.54) is 12.1 Å². The molecule has 1 atom stereocenters. The minimum atomic E-state index is -0.615. The number of alkyl halides is 1. The molecule has 2 aromatic carbocycles. The van der Waals surface area contributed by atoms with Gasteiger partial charge in [-0.15, -0.1) is 22.9 Å². The maximum atomic E-state index is 13.8. The van der Waals surface area contributed by atoms with E-state index >= 15 is 0 Å². The molecule has 0 fully saturated rings. The average molecular weight is 295 g/mol. The summed E-state index contributed by atoms with van der Waals surface area (Å²) in [5.74, 6) is -1.21.